The lowest BCUT2D eigenvalue weighted by molar-refractivity contribution is -0.131. The molecule has 1 aliphatic carbocycles. The van der Waals surface area contributed by atoms with Crippen LogP contribution in [-0.2, 0) is 17.6 Å². The first kappa shape index (κ1) is 16.2. The lowest BCUT2D eigenvalue weighted by Crippen LogP contribution is -2.35. The Bertz CT molecular complexity index is 434. The second-order valence-corrected chi connectivity index (χ2v) is 4.88. The summed E-state index contributed by atoms with van der Waals surface area (Å²) in [4.78, 5) is 11.1. The third kappa shape index (κ3) is 4.32. The average molecular weight is 328 g/mol. The molecule has 0 bridgehead atoms. The van der Waals surface area contributed by atoms with E-state index in [2.05, 4.69) is 18.3 Å². The van der Waals surface area contributed by atoms with Crippen LogP contribution in [0.1, 0.15) is 37.8 Å². The molecule has 0 fully saturated rings. The number of hydrogen-bond acceptors (Lipinski definition) is 3. The van der Waals surface area contributed by atoms with Gasteiger partial charge in [0.25, 0.3) is 0 Å². The molecule has 1 aromatic rings. The first-order chi connectivity index (χ1) is 8.70. The van der Waals surface area contributed by atoms with Crippen LogP contribution in [-0.4, -0.2) is 18.6 Å². The molecule has 4 heteroatoms. The number of benzene rings is 1. The number of carbonyl (C=O) groups is 1. The number of hydrogen-bond donors (Lipinski definition) is 1. The van der Waals surface area contributed by atoms with Crippen LogP contribution >= 0.6 is 17.0 Å². The molecule has 1 N–H and O–H groups in total. The fourth-order valence-electron chi connectivity index (χ4n) is 2.55. The number of rotatable bonds is 4. The number of ether oxygens (including phenoxy) is 1. The predicted octanol–water partition coefficient (Wildman–Crippen LogP) is 3.05. The van der Waals surface area contributed by atoms with Gasteiger partial charge in [-0.2, -0.15) is 0 Å². The molecule has 19 heavy (non-hydrogen) atoms. The minimum atomic E-state index is -0.241. The van der Waals surface area contributed by atoms with Crippen molar-refractivity contribution in [3.8, 4) is 5.75 Å². The van der Waals surface area contributed by atoms with Crippen LogP contribution in [0.3, 0.4) is 0 Å². The molecule has 0 saturated heterocycles. The van der Waals surface area contributed by atoms with E-state index in [-0.39, 0.29) is 23.0 Å². The summed E-state index contributed by atoms with van der Waals surface area (Å²) in [5.74, 6) is 0.503. The number of halogens is 1. The van der Waals surface area contributed by atoms with Gasteiger partial charge in [-0.05, 0) is 49.4 Å². The summed E-state index contributed by atoms with van der Waals surface area (Å²) in [7, 11) is 0. The standard InChI is InChI=1S/C15H21NO2.BrH/c1-3-9-16-13-7-8-14-12(10-13)5-4-6-15(14)18-11(2)17;/h4-6,13,16H,3,7-10H2,1-2H3;1H. The number of fused-ring (bicyclic) bond motifs is 1. The molecular weight excluding hydrogens is 306 g/mol. The molecule has 1 aromatic carbocycles. The van der Waals surface area contributed by atoms with Crippen LogP contribution in [0, 0.1) is 0 Å². The summed E-state index contributed by atoms with van der Waals surface area (Å²) in [6.07, 6.45) is 4.30. The van der Waals surface area contributed by atoms with Crippen molar-refractivity contribution in [2.75, 3.05) is 6.54 Å². The summed E-state index contributed by atoms with van der Waals surface area (Å²) in [6, 6.07) is 6.56. The van der Waals surface area contributed by atoms with Crippen molar-refractivity contribution in [1.29, 1.82) is 0 Å². The van der Waals surface area contributed by atoms with Gasteiger partial charge in [-0.1, -0.05) is 19.1 Å². The highest BCUT2D eigenvalue weighted by Gasteiger charge is 2.21. The Hall–Kier alpha value is -0.870. The largest absolute Gasteiger partial charge is 0.426 e. The zero-order valence-corrected chi connectivity index (χ0v) is 13.3. The molecule has 0 spiro atoms. The highest BCUT2D eigenvalue weighted by molar-refractivity contribution is 8.93. The number of carbonyl (C=O) groups excluding carboxylic acids is 1. The van der Waals surface area contributed by atoms with Crippen molar-refractivity contribution in [1.82, 2.24) is 5.32 Å². The maximum atomic E-state index is 11.1. The molecule has 0 aliphatic heterocycles. The van der Waals surface area contributed by atoms with Crippen LogP contribution in [0.5, 0.6) is 5.75 Å². The van der Waals surface area contributed by atoms with Gasteiger partial charge in [0.2, 0.25) is 0 Å². The van der Waals surface area contributed by atoms with Gasteiger partial charge >= 0.3 is 5.97 Å². The highest BCUT2D eigenvalue weighted by Crippen LogP contribution is 2.29. The minimum absolute atomic E-state index is 0. The van der Waals surface area contributed by atoms with Gasteiger partial charge in [0.1, 0.15) is 5.75 Å². The van der Waals surface area contributed by atoms with Gasteiger partial charge in [-0.15, -0.1) is 17.0 Å². The van der Waals surface area contributed by atoms with Crippen molar-refractivity contribution >= 4 is 23.0 Å². The van der Waals surface area contributed by atoms with Crippen LogP contribution in [0.25, 0.3) is 0 Å². The molecule has 0 amide bonds. The van der Waals surface area contributed by atoms with Gasteiger partial charge < -0.3 is 10.1 Å². The fraction of sp³-hybridized carbons (Fsp3) is 0.533. The monoisotopic (exact) mass is 327 g/mol. The van der Waals surface area contributed by atoms with Crippen molar-refractivity contribution in [2.24, 2.45) is 0 Å². The summed E-state index contributed by atoms with van der Waals surface area (Å²) in [5.41, 5.74) is 2.52. The first-order valence-corrected chi connectivity index (χ1v) is 6.73. The van der Waals surface area contributed by atoms with Crippen molar-refractivity contribution in [2.45, 2.75) is 45.6 Å². The van der Waals surface area contributed by atoms with Crippen LogP contribution < -0.4 is 10.1 Å². The van der Waals surface area contributed by atoms with E-state index in [4.69, 9.17) is 4.74 Å². The molecule has 1 aliphatic rings. The molecule has 0 radical (unpaired) electrons. The zero-order chi connectivity index (χ0) is 13.0. The SMILES string of the molecule is Br.CCCNC1CCc2c(cccc2OC(C)=O)C1. The van der Waals surface area contributed by atoms with Gasteiger partial charge in [0.05, 0.1) is 0 Å². The summed E-state index contributed by atoms with van der Waals surface area (Å²) >= 11 is 0. The molecule has 0 aromatic heterocycles. The molecule has 0 heterocycles. The van der Waals surface area contributed by atoms with Crippen LogP contribution in [0.15, 0.2) is 18.2 Å². The lowest BCUT2D eigenvalue weighted by Gasteiger charge is -2.26. The van der Waals surface area contributed by atoms with Crippen molar-refractivity contribution in [3.05, 3.63) is 29.3 Å². The van der Waals surface area contributed by atoms with Crippen LogP contribution in [0.2, 0.25) is 0 Å². The third-order valence-corrected chi connectivity index (χ3v) is 3.38. The zero-order valence-electron chi connectivity index (χ0n) is 11.6. The Morgan fingerprint density at radius 1 is 1.47 bits per heavy atom. The Morgan fingerprint density at radius 2 is 2.26 bits per heavy atom. The molecule has 106 valence electrons. The second kappa shape index (κ2) is 7.65. The maximum absolute atomic E-state index is 11.1. The van der Waals surface area contributed by atoms with Gasteiger partial charge in [-0.25, -0.2) is 0 Å². The highest BCUT2D eigenvalue weighted by atomic mass is 79.9. The Labute approximate surface area is 125 Å². The van der Waals surface area contributed by atoms with E-state index in [1.54, 1.807) is 0 Å². The molecule has 1 unspecified atom stereocenters. The van der Waals surface area contributed by atoms with Crippen molar-refractivity contribution < 1.29 is 9.53 Å². The number of esters is 1. The minimum Gasteiger partial charge on any atom is -0.426 e. The summed E-state index contributed by atoms with van der Waals surface area (Å²) in [5, 5.41) is 3.56. The summed E-state index contributed by atoms with van der Waals surface area (Å²) < 4.78 is 5.27. The predicted molar refractivity (Wildman–Crippen MR) is 82.2 cm³/mol. The molecule has 2 rings (SSSR count). The van der Waals surface area contributed by atoms with Crippen LogP contribution in [0.4, 0.5) is 0 Å². The second-order valence-electron chi connectivity index (χ2n) is 4.88. The molecular formula is C15H22BrNO2. The van der Waals surface area contributed by atoms with E-state index in [0.717, 1.165) is 38.0 Å². The quantitative estimate of drug-likeness (QED) is 0.682. The maximum Gasteiger partial charge on any atom is 0.308 e. The van der Waals surface area contributed by atoms with Gasteiger partial charge in [-0.3, -0.25) is 4.79 Å². The third-order valence-electron chi connectivity index (χ3n) is 3.38. The number of nitrogens with one attached hydrogen (secondary N) is 1. The molecule has 1 atom stereocenters. The molecule has 3 nitrogen and oxygen atoms in total. The molecule has 0 saturated carbocycles. The topological polar surface area (TPSA) is 38.3 Å². The fourth-order valence-corrected chi connectivity index (χ4v) is 2.55. The van der Waals surface area contributed by atoms with Gasteiger partial charge in [0, 0.05) is 13.0 Å². The summed E-state index contributed by atoms with van der Waals surface area (Å²) in [6.45, 7) is 4.71. The van der Waals surface area contributed by atoms with E-state index in [9.17, 15) is 4.79 Å². The van der Waals surface area contributed by atoms with E-state index in [1.165, 1.54) is 18.1 Å². The smallest absolute Gasteiger partial charge is 0.308 e. The Balaban J connectivity index is 0.00000180. The van der Waals surface area contributed by atoms with E-state index in [0.29, 0.717) is 6.04 Å². The Kier molecular flexibility index (Phi) is 6.52. The normalized spacial score (nSPS) is 17.3. The average Bonchev–Trinajstić information content (AvgIpc) is 2.35. The Morgan fingerprint density at radius 3 is 2.95 bits per heavy atom. The van der Waals surface area contributed by atoms with E-state index >= 15 is 0 Å². The van der Waals surface area contributed by atoms with Crippen molar-refractivity contribution in [3.63, 3.8) is 0 Å². The van der Waals surface area contributed by atoms with E-state index in [1.807, 2.05) is 12.1 Å². The van der Waals surface area contributed by atoms with E-state index < -0.39 is 0 Å². The first-order valence-electron chi connectivity index (χ1n) is 6.73. The lowest BCUT2D eigenvalue weighted by atomic mass is 9.87. The van der Waals surface area contributed by atoms with Gasteiger partial charge in [0.15, 0.2) is 0 Å².